The zero-order valence-electron chi connectivity index (χ0n) is 11.3. The number of nitrogens with zero attached hydrogens (tertiary/aromatic N) is 2. The SMILES string of the molecule is CCN1CCOC(CNCCCCC(N)=NO)C1. The molecular formula is C12H26N4O2. The maximum absolute atomic E-state index is 8.38. The average Bonchev–Trinajstić information content (AvgIpc) is 2.42. The van der Waals surface area contributed by atoms with Gasteiger partial charge in [-0.1, -0.05) is 12.1 Å². The molecule has 0 bridgehead atoms. The molecule has 1 rings (SSSR count). The van der Waals surface area contributed by atoms with E-state index >= 15 is 0 Å². The second-order valence-electron chi connectivity index (χ2n) is 4.64. The van der Waals surface area contributed by atoms with E-state index in [1.165, 1.54) is 0 Å². The van der Waals surface area contributed by atoms with Crippen LogP contribution in [0.15, 0.2) is 5.16 Å². The van der Waals surface area contributed by atoms with Crippen LogP contribution in [0.4, 0.5) is 0 Å². The molecular weight excluding hydrogens is 232 g/mol. The Morgan fingerprint density at radius 1 is 1.56 bits per heavy atom. The van der Waals surface area contributed by atoms with E-state index in [4.69, 9.17) is 15.7 Å². The second-order valence-corrected chi connectivity index (χ2v) is 4.64. The van der Waals surface area contributed by atoms with Crippen molar-refractivity contribution < 1.29 is 9.94 Å². The van der Waals surface area contributed by atoms with Gasteiger partial charge in [-0.25, -0.2) is 0 Å². The van der Waals surface area contributed by atoms with Gasteiger partial charge in [-0.3, -0.25) is 4.90 Å². The number of nitrogens with two attached hydrogens (primary N) is 1. The summed E-state index contributed by atoms with van der Waals surface area (Å²) in [6.07, 6.45) is 2.93. The molecule has 0 spiro atoms. The van der Waals surface area contributed by atoms with Gasteiger partial charge in [0.1, 0.15) is 5.84 Å². The van der Waals surface area contributed by atoms with E-state index in [-0.39, 0.29) is 0 Å². The summed E-state index contributed by atoms with van der Waals surface area (Å²) >= 11 is 0. The van der Waals surface area contributed by atoms with Gasteiger partial charge in [-0.05, 0) is 25.9 Å². The highest BCUT2D eigenvalue weighted by molar-refractivity contribution is 5.79. The lowest BCUT2D eigenvalue weighted by molar-refractivity contribution is -0.0251. The average molecular weight is 258 g/mol. The molecule has 1 aliphatic heterocycles. The number of hydrogen-bond donors (Lipinski definition) is 3. The number of amidine groups is 1. The minimum atomic E-state index is 0.308. The van der Waals surface area contributed by atoms with Crippen LogP contribution < -0.4 is 11.1 Å². The number of morpholine rings is 1. The van der Waals surface area contributed by atoms with Gasteiger partial charge in [0.25, 0.3) is 0 Å². The fourth-order valence-corrected chi connectivity index (χ4v) is 2.06. The van der Waals surface area contributed by atoms with Crippen molar-refractivity contribution in [1.82, 2.24) is 10.2 Å². The van der Waals surface area contributed by atoms with Gasteiger partial charge in [0.05, 0.1) is 12.7 Å². The van der Waals surface area contributed by atoms with Crippen molar-refractivity contribution in [2.45, 2.75) is 32.3 Å². The number of ether oxygens (including phenoxy) is 1. The van der Waals surface area contributed by atoms with Crippen LogP contribution in [0.1, 0.15) is 26.2 Å². The molecule has 0 aliphatic carbocycles. The number of unbranched alkanes of at least 4 members (excludes halogenated alkanes) is 1. The predicted octanol–water partition coefficient (Wildman–Crippen LogP) is 0.213. The van der Waals surface area contributed by atoms with Crippen LogP contribution in [-0.2, 0) is 4.74 Å². The Morgan fingerprint density at radius 2 is 2.39 bits per heavy atom. The molecule has 0 amide bonds. The molecule has 4 N–H and O–H groups in total. The van der Waals surface area contributed by atoms with Crippen molar-refractivity contribution in [2.75, 3.05) is 39.3 Å². The molecule has 0 aromatic heterocycles. The summed E-state index contributed by atoms with van der Waals surface area (Å²) in [5.41, 5.74) is 5.39. The van der Waals surface area contributed by atoms with E-state index in [1.54, 1.807) is 0 Å². The highest BCUT2D eigenvalue weighted by atomic mass is 16.5. The number of likely N-dealkylation sites (N-methyl/N-ethyl adjacent to an activating group) is 1. The minimum Gasteiger partial charge on any atom is -0.409 e. The smallest absolute Gasteiger partial charge is 0.139 e. The van der Waals surface area contributed by atoms with Crippen LogP contribution in [0.2, 0.25) is 0 Å². The Hall–Kier alpha value is -0.850. The topological polar surface area (TPSA) is 83.1 Å². The summed E-state index contributed by atoms with van der Waals surface area (Å²) in [6, 6.07) is 0. The number of nitrogens with one attached hydrogen (secondary N) is 1. The van der Waals surface area contributed by atoms with Gasteiger partial charge in [-0.15, -0.1) is 0 Å². The van der Waals surface area contributed by atoms with Crippen molar-refractivity contribution in [3.63, 3.8) is 0 Å². The van der Waals surface area contributed by atoms with Gasteiger partial charge in [0, 0.05) is 26.1 Å². The first kappa shape index (κ1) is 15.2. The summed E-state index contributed by atoms with van der Waals surface area (Å²) in [5.74, 6) is 0.309. The second kappa shape index (κ2) is 9.13. The van der Waals surface area contributed by atoms with Crippen molar-refractivity contribution >= 4 is 5.84 Å². The van der Waals surface area contributed by atoms with Crippen LogP contribution >= 0.6 is 0 Å². The maximum Gasteiger partial charge on any atom is 0.139 e. The monoisotopic (exact) mass is 258 g/mol. The van der Waals surface area contributed by atoms with E-state index in [2.05, 4.69) is 22.3 Å². The minimum absolute atomic E-state index is 0.308. The van der Waals surface area contributed by atoms with Crippen molar-refractivity contribution in [3.05, 3.63) is 0 Å². The van der Waals surface area contributed by atoms with E-state index in [0.29, 0.717) is 18.4 Å². The normalized spacial score (nSPS) is 22.3. The Balaban J connectivity index is 1.97. The number of oxime groups is 1. The van der Waals surface area contributed by atoms with Gasteiger partial charge in [-0.2, -0.15) is 0 Å². The van der Waals surface area contributed by atoms with E-state index in [1.807, 2.05) is 0 Å². The first-order valence-corrected chi connectivity index (χ1v) is 6.77. The highest BCUT2D eigenvalue weighted by Gasteiger charge is 2.18. The van der Waals surface area contributed by atoms with E-state index in [9.17, 15) is 0 Å². The molecule has 6 nitrogen and oxygen atoms in total. The largest absolute Gasteiger partial charge is 0.409 e. The van der Waals surface area contributed by atoms with E-state index < -0.39 is 0 Å². The zero-order valence-corrected chi connectivity index (χ0v) is 11.3. The summed E-state index contributed by atoms with van der Waals surface area (Å²) in [6.45, 7) is 8.04. The van der Waals surface area contributed by atoms with Gasteiger partial charge < -0.3 is 21.0 Å². The van der Waals surface area contributed by atoms with Crippen LogP contribution in [0.5, 0.6) is 0 Å². The van der Waals surface area contributed by atoms with Crippen molar-refractivity contribution in [1.29, 1.82) is 0 Å². The summed E-state index contributed by atoms with van der Waals surface area (Å²) in [4.78, 5) is 2.41. The molecule has 1 heterocycles. The molecule has 0 radical (unpaired) electrons. The first-order valence-electron chi connectivity index (χ1n) is 6.77. The van der Waals surface area contributed by atoms with Crippen LogP contribution in [0.3, 0.4) is 0 Å². The molecule has 0 aromatic carbocycles. The third kappa shape index (κ3) is 6.18. The Bertz CT molecular complexity index is 248. The summed E-state index contributed by atoms with van der Waals surface area (Å²) in [5, 5.41) is 14.7. The molecule has 1 unspecified atom stereocenters. The molecule has 1 atom stereocenters. The quantitative estimate of drug-likeness (QED) is 0.191. The van der Waals surface area contributed by atoms with E-state index in [0.717, 1.165) is 52.2 Å². The lowest BCUT2D eigenvalue weighted by Gasteiger charge is -2.32. The lowest BCUT2D eigenvalue weighted by Crippen LogP contribution is -2.46. The molecule has 0 saturated carbocycles. The van der Waals surface area contributed by atoms with Crippen LogP contribution in [0.25, 0.3) is 0 Å². The van der Waals surface area contributed by atoms with Crippen LogP contribution in [0, 0.1) is 0 Å². The Morgan fingerprint density at radius 3 is 3.11 bits per heavy atom. The molecule has 1 aliphatic rings. The fraction of sp³-hybridized carbons (Fsp3) is 0.917. The predicted molar refractivity (Wildman–Crippen MR) is 72.0 cm³/mol. The van der Waals surface area contributed by atoms with Gasteiger partial charge >= 0.3 is 0 Å². The Kier molecular flexibility index (Phi) is 7.71. The zero-order chi connectivity index (χ0) is 13.2. The molecule has 18 heavy (non-hydrogen) atoms. The highest BCUT2D eigenvalue weighted by Crippen LogP contribution is 2.03. The fourth-order valence-electron chi connectivity index (χ4n) is 2.06. The summed E-state index contributed by atoms with van der Waals surface area (Å²) in [7, 11) is 0. The number of hydrogen-bond acceptors (Lipinski definition) is 5. The molecule has 6 heteroatoms. The first-order chi connectivity index (χ1) is 8.76. The number of rotatable bonds is 8. The molecule has 1 fully saturated rings. The third-order valence-corrected chi connectivity index (χ3v) is 3.21. The Labute approximate surface area is 109 Å². The lowest BCUT2D eigenvalue weighted by atomic mass is 10.2. The van der Waals surface area contributed by atoms with Crippen LogP contribution in [-0.4, -0.2) is 61.4 Å². The standard InChI is InChI=1S/C12H26N4O2/c1-2-16-7-8-18-11(10-16)9-14-6-4-3-5-12(13)15-17/h11,14,17H,2-10H2,1H3,(H2,13,15). The van der Waals surface area contributed by atoms with Gasteiger partial charge in [0.2, 0.25) is 0 Å². The molecule has 106 valence electrons. The third-order valence-electron chi connectivity index (χ3n) is 3.21. The van der Waals surface area contributed by atoms with Crippen molar-refractivity contribution in [2.24, 2.45) is 10.9 Å². The maximum atomic E-state index is 8.38. The van der Waals surface area contributed by atoms with Crippen molar-refractivity contribution in [3.8, 4) is 0 Å². The summed E-state index contributed by atoms with van der Waals surface area (Å²) < 4.78 is 5.70. The van der Waals surface area contributed by atoms with Gasteiger partial charge in [0.15, 0.2) is 0 Å². The molecule has 1 saturated heterocycles. The molecule has 0 aromatic rings.